The summed E-state index contributed by atoms with van der Waals surface area (Å²) in [5.74, 6) is 5.29. The molecule has 12 heteroatoms. The number of rotatable bonds is 7. The average molecular weight is 592 g/mol. The van der Waals surface area contributed by atoms with Crippen molar-refractivity contribution in [3.63, 3.8) is 0 Å². The molecule has 3 N–H and O–H groups in total. The molecule has 0 bridgehead atoms. The van der Waals surface area contributed by atoms with E-state index in [9.17, 15) is 25.1 Å². The molecule has 0 radical (unpaired) electrons. The molecule has 2 aromatic heterocycles. The number of carbonyl (C=O) groups excluding carboxylic acids is 1. The molecule has 3 heterocycles. The Labute approximate surface area is 229 Å². The zero-order valence-electron chi connectivity index (χ0n) is 20.6. The van der Waals surface area contributed by atoms with Crippen molar-refractivity contribution in [3.8, 4) is 11.8 Å². The molecule has 1 aliphatic rings. The number of anilines is 1. The normalized spacial score (nSPS) is 22.3. The van der Waals surface area contributed by atoms with E-state index in [-0.39, 0.29) is 22.7 Å². The maximum atomic E-state index is 12.7. The van der Waals surface area contributed by atoms with Crippen molar-refractivity contribution in [1.29, 1.82) is 0 Å². The van der Waals surface area contributed by atoms with Gasteiger partial charge in [0.25, 0.3) is 0 Å². The molecule has 2 aromatic carbocycles. The number of ether oxygens (including phenoxy) is 1. The fraction of sp³-hybridized carbons (Fsp3) is 0.222. The SMILES string of the molecule is CC#C[C@@]1(O)[C@H](O)[C@@H](C[Se]c2ccccc2[N+](=O)[O-])O[C@H]1n1ccc2c(NC(=O)c3ccccc3)ncnc21. The number of nitro groups is 1. The van der Waals surface area contributed by atoms with Gasteiger partial charge in [0.05, 0.1) is 0 Å². The van der Waals surface area contributed by atoms with E-state index in [1.807, 2.05) is 6.07 Å². The zero-order valence-corrected chi connectivity index (χ0v) is 22.3. The van der Waals surface area contributed by atoms with Crippen LogP contribution >= 0.6 is 0 Å². The molecule has 4 atom stereocenters. The Bertz CT molecular complexity index is 1600. The first kappa shape index (κ1) is 26.5. The van der Waals surface area contributed by atoms with Gasteiger partial charge in [0.2, 0.25) is 0 Å². The number of aromatic nitrogens is 3. The third kappa shape index (κ3) is 5.02. The molecule has 198 valence electrons. The van der Waals surface area contributed by atoms with Gasteiger partial charge < -0.3 is 0 Å². The van der Waals surface area contributed by atoms with E-state index in [1.165, 1.54) is 12.4 Å². The van der Waals surface area contributed by atoms with Crippen LogP contribution in [0.15, 0.2) is 73.2 Å². The van der Waals surface area contributed by atoms with Crippen molar-refractivity contribution >= 4 is 47.9 Å². The number of aliphatic hydroxyl groups is 2. The summed E-state index contributed by atoms with van der Waals surface area (Å²) < 4.78 is 8.26. The number of hydrogen-bond acceptors (Lipinski definition) is 8. The van der Waals surface area contributed by atoms with E-state index in [4.69, 9.17) is 4.74 Å². The first-order valence-corrected chi connectivity index (χ1v) is 13.9. The van der Waals surface area contributed by atoms with E-state index in [2.05, 4.69) is 27.1 Å². The number of fused-ring (bicyclic) bond motifs is 1. The summed E-state index contributed by atoms with van der Waals surface area (Å²) in [6.07, 6.45) is -0.484. The Hall–Kier alpha value is -4.11. The number of hydrogen-bond donors (Lipinski definition) is 3. The number of nitro benzene ring substituents is 1. The summed E-state index contributed by atoms with van der Waals surface area (Å²) in [5, 5.41) is 37.6. The molecule has 4 aromatic rings. The molecular weight excluding hydrogens is 569 g/mol. The Balaban J connectivity index is 1.44. The first-order chi connectivity index (χ1) is 18.8. The zero-order chi connectivity index (χ0) is 27.6. The molecule has 39 heavy (non-hydrogen) atoms. The van der Waals surface area contributed by atoms with Gasteiger partial charge in [0.1, 0.15) is 0 Å². The van der Waals surface area contributed by atoms with Crippen LogP contribution in [0.3, 0.4) is 0 Å². The van der Waals surface area contributed by atoms with Crippen LogP contribution in [0.2, 0.25) is 5.32 Å². The van der Waals surface area contributed by atoms with Gasteiger partial charge in [-0.3, -0.25) is 0 Å². The Morgan fingerprint density at radius 2 is 1.95 bits per heavy atom. The number of carbonyl (C=O) groups is 1. The third-order valence-electron chi connectivity index (χ3n) is 6.30. The third-order valence-corrected chi connectivity index (χ3v) is 8.72. The van der Waals surface area contributed by atoms with Crippen molar-refractivity contribution in [2.24, 2.45) is 0 Å². The minimum absolute atomic E-state index is 0.00308. The predicted molar refractivity (Wildman–Crippen MR) is 144 cm³/mol. The summed E-state index contributed by atoms with van der Waals surface area (Å²) in [6.45, 7) is 1.54. The van der Waals surface area contributed by atoms with E-state index in [0.717, 1.165) is 0 Å². The molecule has 1 amide bonds. The van der Waals surface area contributed by atoms with Gasteiger partial charge >= 0.3 is 211 Å². The van der Waals surface area contributed by atoms with Crippen molar-refractivity contribution in [1.82, 2.24) is 14.5 Å². The number of nitrogens with zero attached hydrogens (tertiary/aromatic N) is 4. The van der Waals surface area contributed by atoms with Gasteiger partial charge in [0, 0.05) is 0 Å². The number of para-hydroxylation sites is 1. The van der Waals surface area contributed by atoms with E-state index < -0.39 is 43.9 Å². The molecule has 0 saturated carbocycles. The summed E-state index contributed by atoms with van der Waals surface area (Å²) in [5.41, 5.74) is -1.17. The van der Waals surface area contributed by atoms with Gasteiger partial charge in [-0.1, -0.05) is 18.2 Å². The van der Waals surface area contributed by atoms with Crippen LogP contribution in [0.5, 0.6) is 0 Å². The summed E-state index contributed by atoms with van der Waals surface area (Å²) in [6, 6.07) is 16.8. The fourth-order valence-electron chi connectivity index (χ4n) is 4.45. The van der Waals surface area contributed by atoms with Crippen molar-refractivity contribution < 1.29 is 24.7 Å². The van der Waals surface area contributed by atoms with E-state index >= 15 is 0 Å². The molecule has 0 spiro atoms. The van der Waals surface area contributed by atoms with Crippen LogP contribution in [-0.4, -0.2) is 68.3 Å². The number of nitrogens with one attached hydrogen (secondary N) is 1. The Kier molecular flexibility index (Phi) is 7.43. The first-order valence-electron chi connectivity index (χ1n) is 11.9. The molecule has 0 aliphatic carbocycles. The van der Waals surface area contributed by atoms with Gasteiger partial charge in [-0.15, -0.1) is 0 Å². The average Bonchev–Trinajstić information content (AvgIpc) is 3.47. The summed E-state index contributed by atoms with van der Waals surface area (Å²) in [4.78, 5) is 32.2. The van der Waals surface area contributed by atoms with Crippen LogP contribution in [0, 0.1) is 22.0 Å². The van der Waals surface area contributed by atoms with Gasteiger partial charge in [-0.05, 0) is 0 Å². The molecule has 1 aliphatic heterocycles. The molecule has 0 unspecified atom stereocenters. The van der Waals surface area contributed by atoms with Crippen LogP contribution in [0.1, 0.15) is 23.5 Å². The van der Waals surface area contributed by atoms with Gasteiger partial charge in [-0.2, -0.15) is 0 Å². The van der Waals surface area contributed by atoms with Crippen LogP contribution in [-0.2, 0) is 4.74 Å². The van der Waals surface area contributed by atoms with Crippen molar-refractivity contribution in [2.75, 3.05) is 5.32 Å². The van der Waals surface area contributed by atoms with Crippen molar-refractivity contribution in [3.05, 3.63) is 88.9 Å². The molecule has 5 rings (SSSR count). The predicted octanol–water partition coefficient (Wildman–Crippen LogP) is 2.05. The number of benzene rings is 2. The summed E-state index contributed by atoms with van der Waals surface area (Å²) >= 11 is -0.430. The summed E-state index contributed by atoms with van der Waals surface area (Å²) in [7, 11) is 0. The van der Waals surface area contributed by atoms with Crippen LogP contribution < -0.4 is 9.78 Å². The minimum atomic E-state index is -1.98. The topological polar surface area (TPSA) is 153 Å². The standard InChI is InChI=1S/C27H23N5O6Se/c1-2-13-27(35)22(33)20(15-39-21-11-7-6-10-19(21)32(36)37)38-26(27)31-14-12-18-23(28-16-29-24(18)31)30-25(34)17-8-4-3-5-9-17/h3-12,14,16,20,22,26,33,35H,15H2,1H3,(H,28,29,30,34)/t20-,22-,26-,27-/m1/s1. The van der Waals surface area contributed by atoms with E-state index in [0.29, 0.717) is 21.1 Å². The van der Waals surface area contributed by atoms with E-state index in [1.54, 1.807) is 66.2 Å². The van der Waals surface area contributed by atoms with Gasteiger partial charge in [-0.25, -0.2) is 0 Å². The number of aliphatic hydroxyl groups excluding tert-OH is 1. The second kappa shape index (κ2) is 10.9. The molecular formula is C27H23N5O6Se. The molecule has 1 fully saturated rings. The van der Waals surface area contributed by atoms with Crippen molar-refractivity contribution in [2.45, 2.75) is 36.3 Å². The monoisotopic (exact) mass is 593 g/mol. The second-order valence-electron chi connectivity index (χ2n) is 8.71. The number of amides is 1. The Morgan fingerprint density at radius 3 is 2.69 bits per heavy atom. The van der Waals surface area contributed by atoms with Crippen LogP contribution in [0.4, 0.5) is 11.5 Å². The Morgan fingerprint density at radius 1 is 1.21 bits per heavy atom. The fourth-order valence-corrected chi connectivity index (χ4v) is 6.69. The second-order valence-corrected chi connectivity index (χ2v) is 10.9. The maximum absolute atomic E-state index is 12.7. The molecule has 11 nitrogen and oxygen atoms in total. The van der Waals surface area contributed by atoms with Crippen LogP contribution in [0.25, 0.3) is 11.0 Å². The molecule has 1 saturated heterocycles. The quantitative estimate of drug-likeness (QED) is 0.128. The van der Waals surface area contributed by atoms with Gasteiger partial charge in [0.15, 0.2) is 0 Å².